The number of hydrogen-bond donors (Lipinski definition) is 3. The first-order valence-electron chi connectivity index (χ1n) is 10.7. The van der Waals surface area contributed by atoms with Gasteiger partial charge in [0.05, 0.1) is 34.0 Å². The summed E-state index contributed by atoms with van der Waals surface area (Å²) in [7, 11) is 4.81. The van der Waals surface area contributed by atoms with E-state index < -0.39 is 6.10 Å². The predicted octanol–water partition coefficient (Wildman–Crippen LogP) is 3.53. The number of benzene rings is 2. The molecule has 0 saturated carbocycles. The van der Waals surface area contributed by atoms with E-state index in [0.717, 1.165) is 17.7 Å². The van der Waals surface area contributed by atoms with Gasteiger partial charge in [-0.2, -0.15) is 0 Å². The van der Waals surface area contributed by atoms with Crippen LogP contribution in [0.5, 0.6) is 17.2 Å². The van der Waals surface area contributed by atoms with Crippen LogP contribution in [-0.2, 0) is 11.3 Å². The van der Waals surface area contributed by atoms with Crippen molar-refractivity contribution in [3.05, 3.63) is 53.6 Å². The first-order chi connectivity index (χ1) is 15.6. The molecular weight excluding hydrogens is 537 g/mol. The first kappa shape index (κ1) is 28.8. The SMILES string of the molecule is CCOCCCNC(=NCc1ccc(OC)cc1)NCC(O)c1cc(OC)cc(OC)c1.I. The van der Waals surface area contributed by atoms with E-state index in [1.54, 1.807) is 39.5 Å². The third kappa shape index (κ3) is 10.5. The molecule has 0 spiro atoms. The number of aliphatic hydroxyl groups is 1. The molecule has 0 aromatic heterocycles. The van der Waals surface area contributed by atoms with Gasteiger partial charge in [0, 0.05) is 32.4 Å². The van der Waals surface area contributed by atoms with Gasteiger partial charge in [-0.25, -0.2) is 4.99 Å². The highest BCUT2D eigenvalue weighted by Gasteiger charge is 2.12. The maximum absolute atomic E-state index is 10.7. The Morgan fingerprint density at radius 2 is 1.58 bits per heavy atom. The second-order valence-corrected chi connectivity index (χ2v) is 7.03. The van der Waals surface area contributed by atoms with Crippen LogP contribution in [-0.4, -0.2) is 58.7 Å². The minimum Gasteiger partial charge on any atom is -0.497 e. The lowest BCUT2D eigenvalue weighted by Gasteiger charge is -2.17. The van der Waals surface area contributed by atoms with E-state index in [1.165, 1.54) is 0 Å². The second kappa shape index (κ2) is 16.4. The van der Waals surface area contributed by atoms with E-state index in [1.807, 2.05) is 31.2 Å². The van der Waals surface area contributed by atoms with Gasteiger partial charge < -0.3 is 34.7 Å². The van der Waals surface area contributed by atoms with Crippen LogP contribution in [0.25, 0.3) is 0 Å². The molecule has 3 N–H and O–H groups in total. The molecule has 0 amide bonds. The lowest BCUT2D eigenvalue weighted by atomic mass is 10.1. The molecule has 2 aromatic carbocycles. The summed E-state index contributed by atoms with van der Waals surface area (Å²) in [5.74, 6) is 2.68. The summed E-state index contributed by atoms with van der Waals surface area (Å²) in [5.41, 5.74) is 1.75. The van der Waals surface area contributed by atoms with Crippen LogP contribution >= 0.6 is 24.0 Å². The normalized spacial score (nSPS) is 11.8. The highest BCUT2D eigenvalue weighted by Crippen LogP contribution is 2.26. The topological polar surface area (TPSA) is 93.6 Å². The number of ether oxygens (including phenoxy) is 4. The van der Waals surface area contributed by atoms with Crippen molar-refractivity contribution in [1.29, 1.82) is 0 Å². The summed E-state index contributed by atoms with van der Waals surface area (Å²) in [6.07, 6.45) is 0.0857. The number of nitrogens with zero attached hydrogens (tertiary/aromatic N) is 1. The molecule has 33 heavy (non-hydrogen) atoms. The Morgan fingerprint density at radius 1 is 0.939 bits per heavy atom. The molecule has 0 fully saturated rings. The maximum atomic E-state index is 10.7. The lowest BCUT2D eigenvalue weighted by molar-refractivity contribution is 0.145. The summed E-state index contributed by atoms with van der Waals surface area (Å²) in [6.45, 7) is 4.83. The lowest BCUT2D eigenvalue weighted by Crippen LogP contribution is -2.40. The van der Waals surface area contributed by atoms with E-state index in [-0.39, 0.29) is 30.5 Å². The van der Waals surface area contributed by atoms with Crippen LogP contribution in [0.1, 0.15) is 30.6 Å². The predicted molar refractivity (Wildman–Crippen MR) is 141 cm³/mol. The van der Waals surface area contributed by atoms with Gasteiger partial charge in [-0.3, -0.25) is 0 Å². The first-order valence-corrected chi connectivity index (χ1v) is 10.7. The van der Waals surface area contributed by atoms with E-state index in [4.69, 9.17) is 18.9 Å². The Kier molecular flexibility index (Phi) is 14.3. The van der Waals surface area contributed by atoms with Crippen molar-refractivity contribution in [1.82, 2.24) is 10.6 Å². The molecule has 0 radical (unpaired) electrons. The molecule has 2 rings (SSSR count). The molecule has 8 nitrogen and oxygen atoms in total. The van der Waals surface area contributed by atoms with E-state index >= 15 is 0 Å². The van der Waals surface area contributed by atoms with Crippen LogP contribution in [0.3, 0.4) is 0 Å². The van der Waals surface area contributed by atoms with Crippen LogP contribution in [0.4, 0.5) is 0 Å². The van der Waals surface area contributed by atoms with Gasteiger partial charge in [0.25, 0.3) is 0 Å². The van der Waals surface area contributed by atoms with Gasteiger partial charge in [0.2, 0.25) is 0 Å². The average molecular weight is 573 g/mol. The highest BCUT2D eigenvalue weighted by molar-refractivity contribution is 14.0. The van der Waals surface area contributed by atoms with Crippen molar-refractivity contribution in [3.8, 4) is 17.2 Å². The Labute approximate surface area is 213 Å². The monoisotopic (exact) mass is 573 g/mol. The molecule has 0 bridgehead atoms. The van der Waals surface area contributed by atoms with Crippen molar-refractivity contribution in [3.63, 3.8) is 0 Å². The third-order valence-electron chi connectivity index (χ3n) is 4.76. The molecular formula is C24H36IN3O5. The van der Waals surface area contributed by atoms with Crippen molar-refractivity contribution in [2.45, 2.75) is 26.0 Å². The number of aliphatic hydroxyl groups excluding tert-OH is 1. The summed E-state index contributed by atoms with van der Waals surface area (Å²) in [5, 5.41) is 17.2. The van der Waals surface area contributed by atoms with E-state index in [0.29, 0.717) is 49.3 Å². The van der Waals surface area contributed by atoms with Crippen molar-refractivity contribution >= 4 is 29.9 Å². The number of halogens is 1. The van der Waals surface area contributed by atoms with E-state index in [9.17, 15) is 5.11 Å². The van der Waals surface area contributed by atoms with Gasteiger partial charge in [0.1, 0.15) is 17.2 Å². The number of methoxy groups -OCH3 is 3. The Balaban J connectivity index is 0.00000544. The van der Waals surface area contributed by atoms with Gasteiger partial charge in [-0.1, -0.05) is 12.1 Å². The summed E-state index contributed by atoms with van der Waals surface area (Å²) >= 11 is 0. The quantitative estimate of drug-likeness (QED) is 0.146. The average Bonchev–Trinajstić information content (AvgIpc) is 2.84. The molecule has 0 heterocycles. The largest absolute Gasteiger partial charge is 0.497 e. The maximum Gasteiger partial charge on any atom is 0.191 e. The third-order valence-corrected chi connectivity index (χ3v) is 4.76. The van der Waals surface area contributed by atoms with Crippen LogP contribution in [0.15, 0.2) is 47.5 Å². The molecule has 0 aliphatic heterocycles. The minimum atomic E-state index is -0.768. The summed E-state index contributed by atoms with van der Waals surface area (Å²) in [4.78, 5) is 4.65. The zero-order valence-corrected chi connectivity index (χ0v) is 22.1. The van der Waals surface area contributed by atoms with Crippen LogP contribution in [0.2, 0.25) is 0 Å². The Hall–Kier alpha value is -2.24. The fourth-order valence-electron chi connectivity index (χ4n) is 2.93. The van der Waals surface area contributed by atoms with Gasteiger partial charge in [0.15, 0.2) is 5.96 Å². The van der Waals surface area contributed by atoms with Crippen molar-refractivity contribution in [2.75, 3.05) is 47.6 Å². The Morgan fingerprint density at radius 3 is 2.15 bits per heavy atom. The zero-order valence-electron chi connectivity index (χ0n) is 19.8. The smallest absolute Gasteiger partial charge is 0.191 e. The molecule has 0 aliphatic carbocycles. The molecule has 2 aromatic rings. The second-order valence-electron chi connectivity index (χ2n) is 7.03. The van der Waals surface area contributed by atoms with E-state index in [2.05, 4.69) is 15.6 Å². The molecule has 0 saturated heterocycles. The van der Waals surface area contributed by atoms with Gasteiger partial charge >= 0.3 is 0 Å². The standard InChI is InChI=1S/C24H35N3O5.HI/c1-5-32-12-6-11-25-24(26-16-18-7-9-20(29-2)10-8-18)27-17-23(28)19-13-21(30-3)15-22(14-19)31-4;/h7-10,13-15,23,28H,5-6,11-12,16-17H2,1-4H3,(H2,25,26,27);1H. The number of hydrogen-bond acceptors (Lipinski definition) is 6. The van der Waals surface area contributed by atoms with Crippen LogP contribution in [0, 0.1) is 0 Å². The minimum absolute atomic E-state index is 0. The molecule has 184 valence electrons. The number of nitrogens with one attached hydrogen (secondary N) is 2. The number of guanidine groups is 1. The van der Waals surface area contributed by atoms with Crippen molar-refractivity contribution in [2.24, 2.45) is 4.99 Å². The van der Waals surface area contributed by atoms with Crippen molar-refractivity contribution < 1.29 is 24.1 Å². The summed E-state index contributed by atoms with van der Waals surface area (Å²) < 4.78 is 21.2. The molecule has 9 heteroatoms. The van der Waals surface area contributed by atoms with Gasteiger partial charge in [-0.15, -0.1) is 24.0 Å². The Bertz CT molecular complexity index is 811. The fraction of sp³-hybridized carbons (Fsp3) is 0.458. The number of aliphatic imine (C=N–C) groups is 1. The molecule has 1 atom stereocenters. The summed E-state index contributed by atoms with van der Waals surface area (Å²) in [6, 6.07) is 13.1. The fourth-order valence-corrected chi connectivity index (χ4v) is 2.93. The zero-order chi connectivity index (χ0) is 23.2. The van der Waals surface area contributed by atoms with Gasteiger partial charge in [-0.05, 0) is 48.7 Å². The highest BCUT2D eigenvalue weighted by atomic mass is 127. The molecule has 1 unspecified atom stereocenters. The number of rotatable bonds is 13. The molecule has 0 aliphatic rings. The van der Waals surface area contributed by atoms with Crippen LogP contribution < -0.4 is 24.8 Å².